The number of nitrogens with zero attached hydrogens (tertiary/aromatic N) is 1. The van der Waals surface area contributed by atoms with Gasteiger partial charge in [0.15, 0.2) is 0 Å². The van der Waals surface area contributed by atoms with Crippen LogP contribution in [-0.4, -0.2) is 36.2 Å². The predicted octanol–water partition coefficient (Wildman–Crippen LogP) is 1.96. The van der Waals surface area contributed by atoms with Gasteiger partial charge in [-0.3, -0.25) is 4.90 Å². The zero-order valence-corrected chi connectivity index (χ0v) is 9.52. The van der Waals surface area contributed by atoms with Crippen LogP contribution < -0.4 is 4.74 Å². The van der Waals surface area contributed by atoms with Crippen molar-refractivity contribution in [2.24, 2.45) is 0 Å². The fourth-order valence-electron chi connectivity index (χ4n) is 2.96. The molecule has 1 saturated heterocycles. The van der Waals surface area contributed by atoms with Crippen molar-refractivity contribution in [1.29, 1.82) is 0 Å². The summed E-state index contributed by atoms with van der Waals surface area (Å²) in [6, 6.07) is 5.93. The van der Waals surface area contributed by atoms with E-state index in [-0.39, 0.29) is 0 Å². The third kappa shape index (κ3) is 1.47. The summed E-state index contributed by atoms with van der Waals surface area (Å²) in [5.74, 6) is 1.82. The van der Waals surface area contributed by atoms with Gasteiger partial charge >= 0.3 is 0 Å². The normalized spacial score (nSPS) is 29.1. The van der Waals surface area contributed by atoms with Gasteiger partial charge in [-0.1, -0.05) is 0 Å². The van der Waals surface area contributed by atoms with Crippen molar-refractivity contribution < 1.29 is 9.84 Å². The fourth-order valence-corrected chi connectivity index (χ4v) is 2.96. The maximum Gasteiger partial charge on any atom is 0.123 e. The van der Waals surface area contributed by atoms with E-state index in [2.05, 4.69) is 11.9 Å². The summed E-state index contributed by atoms with van der Waals surface area (Å²) in [5.41, 5.74) is 1.18. The van der Waals surface area contributed by atoms with E-state index in [0.29, 0.717) is 17.7 Å². The first-order chi connectivity index (χ1) is 7.75. The summed E-state index contributed by atoms with van der Waals surface area (Å²) in [4.78, 5) is 2.38. The first-order valence-corrected chi connectivity index (χ1v) is 5.91. The molecule has 3 heteroatoms. The molecule has 0 bridgehead atoms. The zero-order valence-electron chi connectivity index (χ0n) is 9.52. The maximum atomic E-state index is 9.58. The number of hydrogen-bond acceptors (Lipinski definition) is 3. The molecule has 2 aliphatic rings. The van der Waals surface area contributed by atoms with Crippen molar-refractivity contribution in [2.75, 3.05) is 20.2 Å². The van der Waals surface area contributed by atoms with Crippen LogP contribution in [-0.2, 0) is 0 Å². The van der Waals surface area contributed by atoms with Crippen molar-refractivity contribution >= 4 is 0 Å². The average molecular weight is 219 g/mol. The minimum Gasteiger partial charge on any atom is -0.508 e. The van der Waals surface area contributed by atoms with E-state index >= 15 is 0 Å². The molecule has 1 aromatic rings. The lowest BCUT2D eigenvalue weighted by Gasteiger charge is -2.42. The molecule has 0 amide bonds. The fraction of sp³-hybridized carbons (Fsp3) is 0.538. The Balaban J connectivity index is 2.01. The SMILES string of the molecule is CN1CCC[C@H]2c3cc(O)ccc3OC[C@@H]21. The van der Waals surface area contributed by atoms with E-state index in [1.54, 1.807) is 6.07 Å². The highest BCUT2D eigenvalue weighted by Gasteiger charge is 2.35. The van der Waals surface area contributed by atoms with E-state index in [9.17, 15) is 5.11 Å². The molecule has 16 heavy (non-hydrogen) atoms. The predicted molar refractivity (Wildman–Crippen MR) is 62.0 cm³/mol. The van der Waals surface area contributed by atoms with Crippen LogP contribution >= 0.6 is 0 Å². The maximum absolute atomic E-state index is 9.58. The van der Waals surface area contributed by atoms with Gasteiger partial charge in [-0.05, 0) is 44.6 Å². The molecule has 2 aliphatic heterocycles. The summed E-state index contributed by atoms with van der Waals surface area (Å²) < 4.78 is 5.77. The van der Waals surface area contributed by atoms with Crippen molar-refractivity contribution in [1.82, 2.24) is 4.90 Å². The average Bonchev–Trinajstić information content (AvgIpc) is 2.29. The Kier molecular flexibility index (Phi) is 2.28. The molecule has 0 saturated carbocycles. The van der Waals surface area contributed by atoms with Gasteiger partial charge in [-0.15, -0.1) is 0 Å². The molecule has 0 spiro atoms. The molecule has 3 rings (SSSR count). The Morgan fingerprint density at radius 3 is 3.19 bits per heavy atom. The third-order valence-electron chi connectivity index (χ3n) is 3.86. The van der Waals surface area contributed by atoms with Crippen LogP contribution in [0.2, 0.25) is 0 Å². The molecule has 1 fully saturated rings. The lowest BCUT2D eigenvalue weighted by atomic mass is 9.82. The highest BCUT2D eigenvalue weighted by Crippen LogP contribution is 2.41. The van der Waals surface area contributed by atoms with Gasteiger partial charge in [-0.25, -0.2) is 0 Å². The molecule has 1 aromatic carbocycles. The number of benzene rings is 1. The Bertz CT molecular complexity index is 405. The summed E-state index contributed by atoms with van der Waals surface area (Å²) in [6.07, 6.45) is 2.43. The summed E-state index contributed by atoms with van der Waals surface area (Å²) in [5, 5.41) is 9.58. The van der Waals surface area contributed by atoms with Gasteiger partial charge in [0, 0.05) is 11.5 Å². The number of phenolic OH excluding ortho intramolecular Hbond substituents is 1. The molecule has 0 unspecified atom stereocenters. The van der Waals surface area contributed by atoms with E-state index in [0.717, 1.165) is 18.9 Å². The van der Waals surface area contributed by atoms with Crippen molar-refractivity contribution in [3.8, 4) is 11.5 Å². The topological polar surface area (TPSA) is 32.7 Å². The minimum atomic E-state index is 0.344. The van der Waals surface area contributed by atoms with Gasteiger partial charge in [0.05, 0.1) is 6.04 Å². The summed E-state index contributed by atoms with van der Waals surface area (Å²) in [7, 11) is 2.16. The Morgan fingerprint density at radius 2 is 2.31 bits per heavy atom. The van der Waals surface area contributed by atoms with Crippen LogP contribution in [0.15, 0.2) is 18.2 Å². The first-order valence-electron chi connectivity index (χ1n) is 5.91. The highest BCUT2D eigenvalue weighted by atomic mass is 16.5. The quantitative estimate of drug-likeness (QED) is 0.724. The molecule has 86 valence electrons. The second-order valence-electron chi connectivity index (χ2n) is 4.83. The third-order valence-corrected chi connectivity index (χ3v) is 3.86. The number of aromatic hydroxyl groups is 1. The smallest absolute Gasteiger partial charge is 0.123 e. The monoisotopic (exact) mass is 219 g/mol. The van der Waals surface area contributed by atoms with Gasteiger partial charge in [-0.2, -0.15) is 0 Å². The zero-order chi connectivity index (χ0) is 11.1. The van der Waals surface area contributed by atoms with E-state index in [1.165, 1.54) is 18.4 Å². The molecular weight excluding hydrogens is 202 g/mol. The Morgan fingerprint density at radius 1 is 1.44 bits per heavy atom. The number of rotatable bonds is 0. The van der Waals surface area contributed by atoms with Crippen LogP contribution in [0.25, 0.3) is 0 Å². The number of ether oxygens (including phenoxy) is 1. The van der Waals surface area contributed by atoms with Gasteiger partial charge in [0.25, 0.3) is 0 Å². The van der Waals surface area contributed by atoms with Crippen molar-refractivity contribution in [2.45, 2.75) is 24.8 Å². The number of fused-ring (bicyclic) bond motifs is 3. The molecular formula is C13H17NO2. The van der Waals surface area contributed by atoms with Crippen LogP contribution in [0.3, 0.4) is 0 Å². The van der Waals surface area contributed by atoms with Gasteiger partial charge < -0.3 is 9.84 Å². The number of likely N-dealkylation sites (tertiary alicyclic amines) is 1. The molecule has 0 aliphatic carbocycles. The van der Waals surface area contributed by atoms with E-state index < -0.39 is 0 Å². The number of hydrogen-bond donors (Lipinski definition) is 1. The summed E-state index contributed by atoms with van der Waals surface area (Å²) >= 11 is 0. The molecule has 2 atom stereocenters. The van der Waals surface area contributed by atoms with Crippen LogP contribution in [0, 0.1) is 0 Å². The second-order valence-corrected chi connectivity index (χ2v) is 4.83. The molecule has 0 radical (unpaired) electrons. The minimum absolute atomic E-state index is 0.344. The summed E-state index contributed by atoms with van der Waals surface area (Å²) in [6.45, 7) is 1.93. The van der Waals surface area contributed by atoms with Crippen molar-refractivity contribution in [3.05, 3.63) is 23.8 Å². The Hall–Kier alpha value is -1.22. The van der Waals surface area contributed by atoms with E-state index in [4.69, 9.17) is 4.74 Å². The molecule has 3 nitrogen and oxygen atoms in total. The number of likely N-dealkylation sites (N-methyl/N-ethyl adjacent to an activating group) is 1. The molecule has 0 aromatic heterocycles. The second kappa shape index (κ2) is 3.67. The van der Waals surface area contributed by atoms with Crippen molar-refractivity contribution in [3.63, 3.8) is 0 Å². The standard InChI is InChI=1S/C13H17NO2/c1-14-6-2-3-10-11-7-9(15)4-5-13(11)16-8-12(10)14/h4-5,7,10,12,15H,2-3,6,8H2,1H3/t10-,12-/m0/s1. The lowest BCUT2D eigenvalue weighted by molar-refractivity contribution is 0.0867. The van der Waals surface area contributed by atoms with Gasteiger partial charge in [0.2, 0.25) is 0 Å². The molecule has 1 N–H and O–H groups in total. The first kappa shape index (κ1) is 9.97. The number of piperidine rings is 1. The molecule has 2 heterocycles. The largest absolute Gasteiger partial charge is 0.508 e. The van der Waals surface area contributed by atoms with Crippen LogP contribution in [0.1, 0.15) is 24.3 Å². The van der Waals surface area contributed by atoms with Crippen LogP contribution in [0.5, 0.6) is 11.5 Å². The number of phenols is 1. The lowest BCUT2D eigenvalue weighted by Crippen LogP contribution is -2.47. The van der Waals surface area contributed by atoms with E-state index in [1.807, 2.05) is 12.1 Å². The highest BCUT2D eigenvalue weighted by molar-refractivity contribution is 5.44. The van der Waals surface area contributed by atoms with Crippen LogP contribution in [0.4, 0.5) is 0 Å². The van der Waals surface area contributed by atoms with Gasteiger partial charge in [0.1, 0.15) is 18.1 Å². The Labute approximate surface area is 95.6 Å².